The number of piperidine rings is 1. The molecule has 37 heavy (non-hydrogen) atoms. The number of hydrogen-bond donors (Lipinski definition) is 1. The highest BCUT2D eigenvalue weighted by atomic mass is 19.1. The van der Waals surface area contributed by atoms with Crippen LogP contribution in [0, 0.1) is 18.7 Å². The van der Waals surface area contributed by atoms with Crippen molar-refractivity contribution in [2.24, 2.45) is 5.92 Å². The minimum absolute atomic E-state index is 0.0282. The van der Waals surface area contributed by atoms with E-state index in [4.69, 9.17) is 5.10 Å². The van der Waals surface area contributed by atoms with Gasteiger partial charge < -0.3 is 10.2 Å². The minimum atomic E-state index is -0.332. The molecule has 188 valence electrons. The summed E-state index contributed by atoms with van der Waals surface area (Å²) in [5.74, 6) is -0.541. The summed E-state index contributed by atoms with van der Waals surface area (Å²) in [4.78, 5) is 28.2. The van der Waals surface area contributed by atoms with Crippen molar-refractivity contribution in [1.82, 2.24) is 20.0 Å². The Labute approximate surface area is 215 Å². The monoisotopic (exact) mass is 496 g/mol. The summed E-state index contributed by atoms with van der Waals surface area (Å²) in [6, 6.07) is 23.7. The van der Waals surface area contributed by atoms with Crippen LogP contribution in [0.15, 0.2) is 85.1 Å². The number of nitrogens with zero attached hydrogens (tertiary/aromatic N) is 3. The van der Waals surface area contributed by atoms with E-state index in [0.29, 0.717) is 49.4 Å². The van der Waals surface area contributed by atoms with Crippen molar-refractivity contribution in [2.75, 3.05) is 13.1 Å². The molecule has 4 aromatic rings. The van der Waals surface area contributed by atoms with Crippen molar-refractivity contribution < 1.29 is 14.0 Å². The molecule has 1 aliphatic rings. The van der Waals surface area contributed by atoms with E-state index in [1.165, 1.54) is 12.1 Å². The Bertz CT molecular complexity index is 1370. The van der Waals surface area contributed by atoms with Gasteiger partial charge in [0.2, 0.25) is 5.91 Å². The summed E-state index contributed by atoms with van der Waals surface area (Å²) >= 11 is 0. The lowest BCUT2D eigenvalue weighted by atomic mass is 9.95. The first-order valence-electron chi connectivity index (χ1n) is 12.5. The van der Waals surface area contributed by atoms with Gasteiger partial charge in [0.05, 0.1) is 11.3 Å². The number of benzene rings is 3. The van der Waals surface area contributed by atoms with Crippen LogP contribution in [0.3, 0.4) is 0 Å². The molecule has 0 aliphatic carbocycles. The molecule has 1 aliphatic heterocycles. The lowest BCUT2D eigenvalue weighted by molar-refractivity contribution is -0.126. The maximum Gasteiger partial charge on any atom is 0.257 e. The standard InChI is InChI=1S/C30H29FN4O2/c1-21-7-9-23(10-8-21)28-27(20-35(33-28)26-13-11-25(31)12-14-26)30(37)34-17-15-24(16-18-34)29(36)32-19-22-5-3-2-4-6-22/h2-14,20,24H,15-19H2,1H3,(H,32,36). The van der Waals surface area contributed by atoms with Gasteiger partial charge in [0.15, 0.2) is 0 Å². The second kappa shape index (κ2) is 10.8. The van der Waals surface area contributed by atoms with E-state index in [9.17, 15) is 14.0 Å². The van der Waals surface area contributed by atoms with Gasteiger partial charge in [0.25, 0.3) is 5.91 Å². The molecule has 1 aromatic heterocycles. The van der Waals surface area contributed by atoms with Gasteiger partial charge in [0, 0.05) is 37.3 Å². The van der Waals surface area contributed by atoms with Gasteiger partial charge in [-0.05, 0) is 49.6 Å². The molecular formula is C30H29FN4O2. The van der Waals surface area contributed by atoms with Crippen molar-refractivity contribution in [3.63, 3.8) is 0 Å². The highest BCUT2D eigenvalue weighted by molar-refractivity contribution is 6.00. The zero-order chi connectivity index (χ0) is 25.8. The zero-order valence-corrected chi connectivity index (χ0v) is 20.7. The fourth-order valence-corrected chi connectivity index (χ4v) is 4.63. The molecule has 3 aromatic carbocycles. The maximum absolute atomic E-state index is 13.7. The lowest BCUT2D eigenvalue weighted by Crippen LogP contribution is -2.43. The summed E-state index contributed by atoms with van der Waals surface area (Å²) in [6.07, 6.45) is 2.93. The number of carbonyl (C=O) groups excluding carboxylic acids is 2. The Morgan fingerprint density at radius 3 is 2.30 bits per heavy atom. The van der Waals surface area contributed by atoms with Gasteiger partial charge in [0.1, 0.15) is 11.5 Å². The first kappa shape index (κ1) is 24.4. The second-order valence-corrected chi connectivity index (χ2v) is 9.45. The maximum atomic E-state index is 13.7. The Kier molecular flexibility index (Phi) is 7.12. The van der Waals surface area contributed by atoms with Gasteiger partial charge in [-0.25, -0.2) is 9.07 Å². The Hall–Kier alpha value is -4.26. The number of halogens is 1. The number of amides is 2. The minimum Gasteiger partial charge on any atom is -0.352 e. The quantitative estimate of drug-likeness (QED) is 0.401. The summed E-state index contributed by atoms with van der Waals surface area (Å²) in [5.41, 5.74) is 4.75. The molecule has 0 unspecified atom stereocenters. The van der Waals surface area contributed by atoms with E-state index in [0.717, 1.165) is 16.7 Å². The van der Waals surface area contributed by atoms with Crippen LogP contribution in [-0.2, 0) is 11.3 Å². The summed E-state index contributed by atoms with van der Waals surface area (Å²) < 4.78 is 15.1. The first-order valence-corrected chi connectivity index (χ1v) is 12.5. The summed E-state index contributed by atoms with van der Waals surface area (Å²) in [5, 5.41) is 7.73. The van der Waals surface area contributed by atoms with Gasteiger partial charge in [-0.1, -0.05) is 60.2 Å². The van der Waals surface area contributed by atoms with E-state index < -0.39 is 0 Å². The van der Waals surface area contributed by atoms with Crippen LogP contribution < -0.4 is 5.32 Å². The van der Waals surface area contributed by atoms with E-state index >= 15 is 0 Å². The molecule has 1 saturated heterocycles. The predicted octanol–water partition coefficient (Wildman–Crippen LogP) is 5.16. The average molecular weight is 497 g/mol. The number of carbonyl (C=O) groups is 2. The molecule has 1 N–H and O–H groups in total. The first-order chi connectivity index (χ1) is 18.0. The fourth-order valence-electron chi connectivity index (χ4n) is 4.63. The predicted molar refractivity (Wildman–Crippen MR) is 141 cm³/mol. The van der Waals surface area contributed by atoms with Crippen LogP contribution in [0.2, 0.25) is 0 Å². The molecule has 1 fully saturated rings. The molecule has 0 saturated carbocycles. The highest BCUT2D eigenvalue weighted by Crippen LogP contribution is 2.27. The van der Waals surface area contributed by atoms with Crippen LogP contribution in [0.1, 0.15) is 34.3 Å². The number of rotatable bonds is 6. The third kappa shape index (κ3) is 5.61. The van der Waals surface area contributed by atoms with Crippen molar-refractivity contribution in [3.05, 3.63) is 108 Å². The normalized spacial score (nSPS) is 13.9. The average Bonchev–Trinajstić information content (AvgIpc) is 3.38. The van der Waals surface area contributed by atoms with Gasteiger partial charge in [-0.15, -0.1) is 0 Å². The van der Waals surface area contributed by atoms with Crippen molar-refractivity contribution in [1.29, 1.82) is 0 Å². The lowest BCUT2D eigenvalue weighted by Gasteiger charge is -2.31. The molecule has 0 spiro atoms. The SMILES string of the molecule is Cc1ccc(-c2nn(-c3ccc(F)cc3)cc2C(=O)N2CCC(C(=O)NCc3ccccc3)CC2)cc1. The molecule has 2 heterocycles. The van der Waals surface area contributed by atoms with Crippen molar-refractivity contribution in [2.45, 2.75) is 26.3 Å². The number of nitrogens with one attached hydrogen (secondary N) is 1. The van der Waals surface area contributed by atoms with Crippen molar-refractivity contribution >= 4 is 11.8 Å². The van der Waals surface area contributed by atoms with E-state index in [1.807, 2.05) is 61.5 Å². The molecular weight excluding hydrogens is 467 g/mol. The van der Waals surface area contributed by atoms with E-state index in [1.54, 1.807) is 27.9 Å². The Morgan fingerprint density at radius 1 is 0.946 bits per heavy atom. The Morgan fingerprint density at radius 2 is 1.62 bits per heavy atom. The third-order valence-corrected chi connectivity index (χ3v) is 6.82. The smallest absolute Gasteiger partial charge is 0.257 e. The van der Waals surface area contributed by atoms with Crippen LogP contribution in [0.5, 0.6) is 0 Å². The largest absolute Gasteiger partial charge is 0.352 e. The molecule has 6 nitrogen and oxygen atoms in total. The van der Waals surface area contributed by atoms with Crippen LogP contribution in [-0.4, -0.2) is 39.6 Å². The van der Waals surface area contributed by atoms with Gasteiger partial charge in [-0.2, -0.15) is 5.10 Å². The van der Waals surface area contributed by atoms with Crippen LogP contribution in [0.4, 0.5) is 4.39 Å². The molecule has 0 radical (unpaired) electrons. The highest BCUT2D eigenvalue weighted by Gasteiger charge is 2.30. The molecule has 7 heteroatoms. The van der Waals surface area contributed by atoms with Gasteiger partial charge >= 0.3 is 0 Å². The molecule has 5 rings (SSSR count). The van der Waals surface area contributed by atoms with Crippen LogP contribution >= 0.6 is 0 Å². The topological polar surface area (TPSA) is 67.2 Å². The van der Waals surface area contributed by atoms with E-state index in [2.05, 4.69) is 5.32 Å². The number of aryl methyl sites for hydroxylation is 1. The number of aromatic nitrogens is 2. The van der Waals surface area contributed by atoms with Crippen LogP contribution in [0.25, 0.3) is 16.9 Å². The number of hydrogen-bond acceptors (Lipinski definition) is 3. The third-order valence-electron chi connectivity index (χ3n) is 6.82. The second-order valence-electron chi connectivity index (χ2n) is 9.45. The van der Waals surface area contributed by atoms with Crippen molar-refractivity contribution in [3.8, 4) is 16.9 Å². The van der Waals surface area contributed by atoms with Gasteiger partial charge in [-0.3, -0.25) is 9.59 Å². The fraction of sp³-hybridized carbons (Fsp3) is 0.233. The Balaban J connectivity index is 1.31. The molecule has 0 atom stereocenters. The van der Waals surface area contributed by atoms with E-state index in [-0.39, 0.29) is 23.5 Å². The molecule has 0 bridgehead atoms. The zero-order valence-electron chi connectivity index (χ0n) is 20.7. The number of likely N-dealkylation sites (tertiary alicyclic amines) is 1. The molecule has 2 amide bonds. The summed E-state index contributed by atoms with van der Waals surface area (Å²) in [6.45, 7) is 3.50. The summed E-state index contributed by atoms with van der Waals surface area (Å²) in [7, 11) is 0.